The average molecular weight is 225 g/mol. The van der Waals surface area contributed by atoms with Gasteiger partial charge in [-0.25, -0.2) is 4.98 Å². The zero-order valence-electron chi connectivity index (χ0n) is 8.93. The van der Waals surface area contributed by atoms with Crippen LogP contribution >= 0.6 is 11.8 Å². The van der Waals surface area contributed by atoms with Crippen LogP contribution < -0.4 is 5.32 Å². The molecule has 0 bridgehead atoms. The summed E-state index contributed by atoms with van der Waals surface area (Å²) in [5, 5.41) is 4.45. The largest absolute Gasteiger partial charge is 0.377 e. The summed E-state index contributed by atoms with van der Waals surface area (Å²) >= 11 is 1.75. The van der Waals surface area contributed by atoms with Crippen LogP contribution in [-0.4, -0.2) is 35.0 Å². The maximum absolute atomic E-state index is 5.51. The Hall–Kier alpha value is -0.810. The van der Waals surface area contributed by atoms with Crippen LogP contribution in [-0.2, 0) is 4.74 Å². The molecule has 0 radical (unpaired) electrons. The van der Waals surface area contributed by atoms with E-state index in [1.165, 1.54) is 0 Å². The van der Waals surface area contributed by atoms with Crippen LogP contribution in [0, 0.1) is 0 Å². The summed E-state index contributed by atoms with van der Waals surface area (Å²) in [6, 6.07) is 0. The van der Waals surface area contributed by atoms with Crippen molar-refractivity contribution < 1.29 is 4.74 Å². The molecule has 0 aromatic carbocycles. The van der Waals surface area contributed by atoms with Crippen molar-refractivity contribution in [3.8, 4) is 0 Å². The number of aromatic nitrogens is 2. The molecule has 2 rings (SSSR count). The monoisotopic (exact) mass is 225 g/mol. The van der Waals surface area contributed by atoms with Crippen molar-refractivity contribution in [2.75, 3.05) is 19.0 Å². The van der Waals surface area contributed by atoms with Crippen LogP contribution in [0.25, 0.3) is 0 Å². The molecule has 82 valence electrons. The van der Waals surface area contributed by atoms with Crippen molar-refractivity contribution >= 4 is 17.6 Å². The minimum atomic E-state index is 0.315. The van der Waals surface area contributed by atoms with Crippen molar-refractivity contribution in [2.45, 2.75) is 29.7 Å². The maximum atomic E-state index is 5.51. The second kappa shape index (κ2) is 4.81. The van der Waals surface area contributed by atoms with Crippen molar-refractivity contribution in [1.82, 2.24) is 9.97 Å². The Kier molecular flexibility index (Phi) is 3.43. The molecule has 5 heteroatoms. The van der Waals surface area contributed by atoms with Gasteiger partial charge in [-0.05, 0) is 13.3 Å². The lowest BCUT2D eigenvalue weighted by atomic mass is 10.3. The summed E-state index contributed by atoms with van der Waals surface area (Å²) in [5.41, 5.74) is 0. The van der Waals surface area contributed by atoms with Crippen LogP contribution in [0.1, 0.15) is 13.3 Å². The van der Waals surface area contributed by atoms with Crippen molar-refractivity contribution in [1.29, 1.82) is 0 Å². The van der Waals surface area contributed by atoms with E-state index in [0.717, 1.165) is 23.9 Å². The van der Waals surface area contributed by atoms with E-state index < -0.39 is 0 Å². The van der Waals surface area contributed by atoms with Gasteiger partial charge in [-0.15, -0.1) is 0 Å². The number of ether oxygens (including phenoxy) is 1. The molecule has 0 amide bonds. The van der Waals surface area contributed by atoms with Gasteiger partial charge < -0.3 is 10.1 Å². The fourth-order valence-electron chi connectivity index (χ4n) is 1.55. The number of rotatable bonds is 3. The second-order valence-electron chi connectivity index (χ2n) is 3.51. The lowest BCUT2D eigenvalue weighted by Crippen LogP contribution is -2.13. The molecule has 4 nitrogen and oxygen atoms in total. The molecule has 1 fully saturated rings. The first-order chi connectivity index (χ1) is 7.29. The van der Waals surface area contributed by atoms with Gasteiger partial charge in [0.25, 0.3) is 0 Å². The zero-order chi connectivity index (χ0) is 10.7. The molecule has 0 spiro atoms. The van der Waals surface area contributed by atoms with Gasteiger partial charge >= 0.3 is 0 Å². The van der Waals surface area contributed by atoms with Crippen LogP contribution in [0.5, 0.6) is 0 Å². The minimum absolute atomic E-state index is 0.315. The summed E-state index contributed by atoms with van der Waals surface area (Å²) in [7, 11) is 1.85. The van der Waals surface area contributed by atoms with Crippen LogP contribution in [0.2, 0.25) is 0 Å². The van der Waals surface area contributed by atoms with E-state index in [1.807, 2.05) is 7.05 Å². The number of nitrogens with one attached hydrogen (secondary N) is 1. The van der Waals surface area contributed by atoms with Gasteiger partial charge in [-0.1, -0.05) is 11.8 Å². The molecule has 2 unspecified atom stereocenters. The molecule has 0 saturated carbocycles. The molecular formula is C10H15N3OS. The summed E-state index contributed by atoms with van der Waals surface area (Å²) in [6.45, 7) is 2.97. The standard InChI is InChI=1S/C10H15N3OS/c1-7-8(3-4-14-7)15-10-6-12-5-9(11-2)13-10/h5-8H,3-4H2,1-2H3,(H,11,13). The molecular weight excluding hydrogens is 210 g/mol. The number of thioether (sulfide) groups is 1. The van der Waals surface area contributed by atoms with Gasteiger partial charge in [0.05, 0.1) is 18.5 Å². The van der Waals surface area contributed by atoms with Crippen molar-refractivity contribution in [3.63, 3.8) is 0 Å². The molecule has 15 heavy (non-hydrogen) atoms. The van der Waals surface area contributed by atoms with Gasteiger partial charge in [0.1, 0.15) is 10.8 Å². The van der Waals surface area contributed by atoms with Gasteiger partial charge in [-0.3, -0.25) is 4.98 Å². The van der Waals surface area contributed by atoms with Crippen LogP contribution in [0.3, 0.4) is 0 Å². The average Bonchev–Trinajstić information content (AvgIpc) is 2.65. The Morgan fingerprint density at radius 3 is 3.07 bits per heavy atom. The highest BCUT2D eigenvalue weighted by Gasteiger charge is 2.25. The number of hydrogen-bond acceptors (Lipinski definition) is 5. The Morgan fingerprint density at radius 2 is 2.40 bits per heavy atom. The van der Waals surface area contributed by atoms with Gasteiger partial charge in [-0.2, -0.15) is 0 Å². The summed E-state index contributed by atoms with van der Waals surface area (Å²) in [6.07, 6.45) is 4.93. The molecule has 1 aliphatic heterocycles. The molecule has 0 aliphatic carbocycles. The van der Waals surface area contributed by atoms with Crippen molar-refractivity contribution in [2.24, 2.45) is 0 Å². The van der Waals surface area contributed by atoms with Gasteiger partial charge in [0, 0.05) is 18.9 Å². The minimum Gasteiger partial charge on any atom is -0.377 e. The molecule has 2 heterocycles. The second-order valence-corrected chi connectivity index (χ2v) is 4.77. The maximum Gasteiger partial charge on any atom is 0.145 e. The normalized spacial score (nSPS) is 25.5. The molecule has 1 aliphatic rings. The lowest BCUT2D eigenvalue weighted by molar-refractivity contribution is 0.127. The van der Waals surface area contributed by atoms with E-state index in [2.05, 4.69) is 22.2 Å². The molecule has 1 saturated heterocycles. The number of nitrogens with zero attached hydrogens (tertiary/aromatic N) is 2. The highest BCUT2D eigenvalue weighted by Crippen LogP contribution is 2.31. The van der Waals surface area contributed by atoms with Crippen LogP contribution in [0.15, 0.2) is 17.4 Å². The van der Waals surface area contributed by atoms with E-state index >= 15 is 0 Å². The quantitative estimate of drug-likeness (QED) is 0.849. The third-order valence-electron chi connectivity index (χ3n) is 2.45. The first-order valence-corrected chi connectivity index (χ1v) is 5.95. The molecule has 1 aromatic rings. The smallest absolute Gasteiger partial charge is 0.145 e. The number of anilines is 1. The Bertz CT molecular complexity index is 334. The predicted octanol–water partition coefficient (Wildman–Crippen LogP) is 1.79. The predicted molar refractivity (Wildman–Crippen MR) is 61.3 cm³/mol. The highest BCUT2D eigenvalue weighted by atomic mass is 32.2. The SMILES string of the molecule is CNc1cncc(SC2CCOC2C)n1. The third kappa shape index (κ3) is 2.60. The summed E-state index contributed by atoms with van der Waals surface area (Å²) in [4.78, 5) is 8.56. The van der Waals surface area contributed by atoms with Crippen molar-refractivity contribution in [3.05, 3.63) is 12.4 Å². The molecule has 1 N–H and O–H groups in total. The van der Waals surface area contributed by atoms with E-state index in [4.69, 9.17) is 4.74 Å². The summed E-state index contributed by atoms with van der Waals surface area (Å²) < 4.78 is 5.51. The van der Waals surface area contributed by atoms with E-state index in [1.54, 1.807) is 24.2 Å². The first kappa shape index (κ1) is 10.7. The van der Waals surface area contributed by atoms with Gasteiger partial charge in [0.15, 0.2) is 0 Å². The topological polar surface area (TPSA) is 47.0 Å². The van der Waals surface area contributed by atoms with E-state index in [9.17, 15) is 0 Å². The molecule has 1 aromatic heterocycles. The fourth-order valence-corrected chi connectivity index (χ4v) is 2.61. The van der Waals surface area contributed by atoms with Crippen LogP contribution in [0.4, 0.5) is 5.82 Å². The van der Waals surface area contributed by atoms with E-state index in [-0.39, 0.29) is 0 Å². The van der Waals surface area contributed by atoms with Gasteiger partial charge in [0.2, 0.25) is 0 Å². The fraction of sp³-hybridized carbons (Fsp3) is 0.600. The third-order valence-corrected chi connectivity index (χ3v) is 3.81. The Labute approximate surface area is 93.8 Å². The lowest BCUT2D eigenvalue weighted by Gasteiger charge is -2.12. The van der Waals surface area contributed by atoms with E-state index in [0.29, 0.717) is 11.4 Å². The first-order valence-electron chi connectivity index (χ1n) is 5.07. The highest BCUT2D eigenvalue weighted by molar-refractivity contribution is 7.99. The summed E-state index contributed by atoms with van der Waals surface area (Å²) in [5.74, 6) is 0.812. The molecule has 2 atom stereocenters. The Balaban J connectivity index is 2.03. The zero-order valence-corrected chi connectivity index (χ0v) is 9.75. The Morgan fingerprint density at radius 1 is 1.53 bits per heavy atom. The number of hydrogen-bond donors (Lipinski definition) is 1.